The fourth-order valence-corrected chi connectivity index (χ4v) is 4.84. The molecule has 0 aliphatic carbocycles. The van der Waals surface area contributed by atoms with E-state index in [0.29, 0.717) is 6.54 Å². The van der Waals surface area contributed by atoms with Crippen LogP contribution in [0.3, 0.4) is 0 Å². The van der Waals surface area contributed by atoms with Crippen molar-refractivity contribution in [1.82, 2.24) is 5.32 Å². The van der Waals surface area contributed by atoms with Gasteiger partial charge in [0, 0.05) is 12.3 Å². The van der Waals surface area contributed by atoms with E-state index in [1.807, 2.05) is 13.8 Å². The molecule has 0 saturated carbocycles. The highest BCUT2D eigenvalue weighted by molar-refractivity contribution is 7.94. The Morgan fingerprint density at radius 3 is 2.06 bits per heavy atom. The van der Waals surface area contributed by atoms with Gasteiger partial charge in [-0.1, -0.05) is 20.3 Å². The molecule has 0 saturated heterocycles. The first kappa shape index (κ1) is 16.9. The van der Waals surface area contributed by atoms with Crippen molar-refractivity contribution in [3.63, 3.8) is 0 Å². The molecule has 0 amide bonds. The molecule has 0 aromatic carbocycles. The van der Waals surface area contributed by atoms with E-state index in [1.54, 1.807) is 0 Å². The molecule has 104 valence electrons. The van der Waals surface area contributed by atoms with Crippen LogP contribution in [0, 0.1) is 0 Å². The summed E-state index contributed by atoms with van der Waals surface area (Å²) in [5.74, 6) is -0.554. The lowest BCUT2D eigenvalue weighted by atomic mass is 10.2. The quantitative estimate of drug-likeness (QED) is 0.655. The smallest absolute Gasteiger partial charge is 0.152 e. The predicted octanol–water partition coefficient (Wildman–Crippen LogP) is 0.224. The second-order valence-corrected chi connectivity index (χ2v) is 8.78. The summed E-state index contributed by atoms with van der Waals surface area (Å²) in [7, 11) is -6.52. The summed E-state index contributed by atoms with van der Waals surface area (Å²) >= 11 is 0. The Morgan fingerprint density at radius 1 is 1.06 bits per heavy atom. The minimum absolute atomic E-state index is 0.0181. The summed E-state index contributed by atoms with van der Waals surface area (Å²) in [6.07, 6.45) is 2.74. The molecule has 17 heavy (non-hydrogen) atoms. The summed E-state index contributed by atoms with van der Waals surface area (Å²) < 4.78 is 45.3. The minimum Gasteiger partial charge on any atom is -0.313 e. The van der Waals surface area contributed by atoms with Crippen LogP contribution < -0.4 is 5.32 Å². The first-order valence-corrected chi connectivity index (χ1v) is 9.70. The number of rotatable bonds is 9. The summed E-state index contributed by atoms with van der Waals surface area (Å²) in [4.78, 5) is 0. The van der Waals surface area contributed by atoms with Gasteiger partial charge in [0.1, 0.15) is 9.84 Å². The van der Waals surface area contributed by atoms with E-state index in [4.69, 9.17) is 0 Å². The van der Waals surface area contributed by atoms with E-state index in [9.17, 15) is 16.8 Å². The molecular formula is C10H23NO4S2. The summed E-state index contributed by atoms with van der Waals surface area (Å²) in [5, 5.41) is 3.11. The van der Waals surface area contributed by atoms with E-state index in [1.165, 1.54) is 0 Å². The van der Waals surface area contributed by atoms with Gasteiger partial charge in [0.15, 0.2) is 9.84 Å². The van der Waals surface area contributed by atoms with E-state index in [2.05, 4.69) is 5.32 Å². The molecule has 7 heteroatoms. The van der Waals surface area contributed by atoms with Crippen molar-refractivity contribution >= 4 is 19.7 Å². The van der Waals surface area contributed by atoms with Gasteiger partial charge in [-0.3, -0.25) is 0 Å². The van der Waals surface area contributed by atoms with Crippen LogP contribution in [0.4, 0.5) is 0 Å². The van der Waals surface area contributed by atoms with Crippen molar-refractivity contribution in [3.8, 4) is 0 Å². The molecule has 5 nitrogen and oxygen atoms in total. The molecule has 0 spiro atoms. The van der Waals surface area contributed by atoms with E-state index in [0.717, 1.165) is 19.1 Å². The van der Waals surface area contributed by atoms with Gasteiger partial charge in [0.05, 0.1) is 17.3 Å². The van der Waals surface area contributed by atoms with Crippen molar-refractivity contribution in [1.29, 1.82) is 0 Å². The van der Waals surface area contributed by atoms with Crippen LogP contribution in [0.25, 0.3) is 0 Å². The molecule has 1 atom stereocenters. The molecule has 1 N–H and O–H groups in total. The number of hydrogen-bond donors (Lipinski definition) is 1. The monoisotopic (exact) mass is 285 g/mol. The Hall–Kier alpha value is -0.140. The lowest BCUT2D eigenvalue weighted by Gasteiger charge is -2.16. The third-order valence-corrected chi connectivity index (χ3v) is 5.29. The van der Waals surface area contributed by atoms with Gasteiger partial charge in [0.2, 0.25) is 0 Å². The maximum absolute atomic E-state index is 11.7. The highest BCUT2D eigenvalue weighted by atomic mass is 32.2. The molecule has 1 unspecified atom stereocenters. The van der Waals surface area contributed by atoms with Gasteiger partial charge >= 0.3 is 0 Å². The maximum Gasteiger partial charge on any atom is 0.152 e. The first-order valence-electron chi connectivity index (χ1n) is 5.81. The van der Waals surface area contributed by atoms with Gasteiger partial charge < -0.3 is 5.32 Å². The van der Waals surface area contributed by atoms with Crippen LogP contribution >= 0.6 is 0 Å². The van der Waals surface area contributed by atoms with Gasteiger partial charge in [-0.2, -0.15) is 0 Å². The second kappa shape index (κ2) is 7.33. The topological polar surface area (TPSA) is 80.3 Å². The number of hydrogen-bond acceptors (Lipinski definition) is 5. The van der Waals surface area contributed by atoms with Crippen LogP contribution in [0.2, 0.25) is 0 Å². The van der Waals surface area contributed by atoms with E-state index >= 15 is 0 Å². The highest BCUT2D eigenvalue weighted by Gasteiger charge is 2.19. The Bertz CT molecular complexity index is 394. The van der Waals surface area contributed by atoms with Gasteiger partial charge in [-0.25, -0.2) is 16.8 Å². The average Bonchev–Trinajstić information content (AvgIpc) is 2.14. The molecule has 0 aromatic rings. The zero-order chi connectivity index (χ0) is 13.5. The van der Waals surface area contributed by atoms with Crippen molar-refractivity contribution in [2.24, 2.45) is 0 Å². The Balaban J connectivity index is 4.40. The van der Waals surface area contributed by atoms with Crippen molar-refractivity contribution < 1.29 is 16.8 Å². The molecule has 0 heterocycles. The molecule has 0 rings (SSSR count). The molecule has 0 fully saturated rings. The van der Waals surface area contributed by atoms with Crippen LogP contribution in [-0.4, -0.2) is 52.9 Å². The lowest BCUT2D eigenvalue weighted by Crippen LogP contribution is -2.37. The maximum atomic E-state index is 11.7. The fraction of sp³-hybridized carbons (Fsp3) is 1.00. The molecule has 0 aliphatic heterocycles. The SMILES string of the molecule is CCCC(CS(=O)(=O)CCS(C)(=O)=O)NCC. The van der Waals surface area contributed by atoms with Crippen molar-refractivity contribution in [2.75, 3.05) is 30.1 Å². The lowest BCUT2D eigenvalue weighted by molar-refractivity contribution is 0.513. The van der Waals surface area contributed by atoms with Gasteiger partial charge in [-0.15, -0.1) is 0 Å². The largest absolute Gasteiger partial charge is 0.313 e. The van der Waals surface area contributed by atoms with Crippen LogP contribution in [0.15, 0.2) is 0 Å². The Labute approximate surface area is 105 Å². The molecule has 0 aliphatic rings. The van der Waals surface area contributed by atoms with Crippen molar-refractivity contribution in [3.05, 3.63) is 0 Å². The van der Waals surface area contributed by atoms with Crippen LogP contribution in [-0.2, 0) is 19.7 Å². The third kappa shape index (κ3) is 9.55. The molecule has 0 bridgehead atoms. The first-order chi connectivity index (χ1) is 7.70. The fourth-order valence-electron chi connectivity index (χ4n) is 1.55. The molecule has 0 aromatic heterocycles. The van der Waals surface area contributed by atoms with E-state index < -0.39 is 19.7 Å². The third-order valence-electron chi connectivity index (χ3n) is 2.35. The van der Waals surface area contributed by atoms with Crippen LogP contribution in [0.5, 0.6) is 0 Å². The zero-order valence-electron chi connectivity index (χ0n) is 10.8. The van der Waals surface area contributed by atoms with Gasteiger partial charge in [-0.05, 0) is 13.0 Å². The number of sulfone groups is 2. The summed E-state index contributed by atoms with van der Waals surface area (Å²) in [5.41, 5.74) is 0. The second-order valence-electron chi connectivity index (χ2n) is 4.29. The van der Waals surface area contributed by atoms with Gasteiger partial charge in [0.25, 0.3) is 0 Å². The highest BCUT2D eigenvalue weighted by Crippen LogP contribution is 2.03. The normalized spacial score (nSPS) is 14.8. The van der Waals surface area contributed by atoms with Crippen molar-refractivity contribution in [2.45, 2.75) is 32.7 Å². The molecule has 0 radical (unpaired) electrons. The Morgan fingerprint density at radius 2 is 1.65 bits per heavy atom. The summed E-state index contributed by atoms with van der Waals surface area (Å²) in [6, 6.07) is -0.0745. The van der Waals surface area contributed by atoms with E-state index in [-0.39, 0.29) is 23.3 Å². The standard InChI is InChI=1S/C10H23NO4S2/c1-4-6-10(11-5-2)9-17(14,15)8-7-16(3,12)13/h10-11H,4-9H2,1-3H3. The molecular weight excluding hydrogens is 262 g/mol. The summed E-state index contributed by atoms with van der Waals surface area (Å²) in [6.45, 7) is 4.63. The average molecular weight is 285 g/mol. The zero-order valence-corrected chi connectivity index (χ0v) is 12.4. The van der Waals surface area contributed by atoms with Crippen LogP contribution in [0.1, 0.15) is 26.7 Å². The number of nitrogens with one attached hydrogen (secondary N) is 1. The predicted molar refractivity (Wildman–Crippen MR) is 70.7 cm³/mol. The Kier molecular flexibility index (Phi) is 7.27. The minimum atomic E-state index is -3.30.